The van der Waals surface area contributed by atoms with Crippen LogP contribution in [0.2, 0.25) is 0 Å². The number of aromatic nitrogens is 3. The van der Waals surface area contributed by atoms with Crippen molar-refractivity contribution in [3.05, 3.63) is 12.2 Å². The van der Waals surface area contributed by atoms with Gasteiger partial charge in [0.25, 0.3) is 0 Å². The van der Waals surface area contributed by atoms with Crippen LogP contribution in [0.15, 0.2) is 6.33 Å². The topological polar surface area (TPSA) is 42.7 Å². The minimum absolute atomic E-state index is 0.188. The highest BCUT2D eigenvalue weighted by atomic mass is 15.3. The van der Waals surface area contributed by atoms with Crippen molar-refractivity contribution in [2.75, 3.05) is 6.54 Å². The van der Waals surface area contributed by atoms with Gasteiger partial charge in [0, 0.05) is 7.05 Å². The summed E-state index contributed by atoms with van der Waals surface area (Å²) in [5, 5.41) is 11.0. The molecule has 0 aromatic carbocycles. The molecule has 4 heteroatoms. The molecule has 1 aromatic heterocycles. The van der Waals surface area contributed by atoms with Crippen molar-refractivity contribution in [1.82, 2.24) is 20.1 Å². The Bertz CT molecular complexity index is 318. The number of nitrogens with one attached hydrogen (secondary N) is 1. The average Bonchev–Trinajstić information content (AvgIpc) is 2.52. The minimum atomic E-state index is 0.188. The fraction of sp³-hybridized carbons (Fsp3) is 0.556. The molecular formula is C9H14N4. The van der Waals surface area contributed by atoms with Gasteiger partial charge in [-0.15, -0.1) is 16.1 Å². The number of hydrogen-bond donors (Lipinski definition) is 1. The van der Waals surface area contributed by atoms with E-state index >= 15 is 0 Å². The van der Waals surface area contributed by atoms with E-state index in [-0.39, 0.29) is 6.04 Å². The minimum Gasteiger partial charge on any atom is -0.319 e. The van der Waals surface area contributed by atoms with E-state index in [9.17, 15) is 0 Å². The quantitative estimate of drug-likeness (QED) is 0.685. The predicted octanol–water partition coefficient (Wildman–Crippen LogP) is 0.489. The summed E-state index contributed by atoms with van der Waals surface area (Å²) in [6.45, 7) is 4.56. The SMILES string of the molecule is CC#CCNC(C)c1nncn1C. The normalized spacial score (nSPS) is 11.9. The second-order valence-corrected chi connectivity index (χ2v) is 2.83. The van der Waals surface area contributed by atoms with Gasteiger partial charge in [-0.1, -0.05) is 5.92 Å². The van der Waals surface area contributed by atoms with Crippen molar-refractivity contribution in [3.63, 3.8) is 0 Å². The van der Waals surface area contributed by atoms with E-state index in [1.165, 1.54) is 0 Å². The number of rotatable bonds is 3. The van der Waals surface area contributed by atoms with Crippen LogP contribution in [0, 0.1) is 11.8 Å². The monoisotopic (exact) mass is 178 g/mol. The van der Waals surface area contributed by atoms with Crippen LogP contribution in [0.4, 0.5) is 0 Å². The van der Waals surface area contributed by atoms with E-state index in [1.54, 1.807) is 6.33 Å². The summed E-state index contributed by atoms with van der Waals surface area (Å²) in [5.41, 5.74) is 0. The zero-order chi connectivity index (χ0) is 9.68. The Hall–Kier alpha value is -1.34. The lowest BCUT2D eigenvalue weighted by Gasteiger charge is -2.09. The highest BCUT2D eigenvalue weighted by molar-refractivity contribution is 5.00. The third-order valence-electron chi connectivity index (χ3n) is 1.81. The molecule has 1 heterocycles. The molecule has 0 spiro atoms. The van der Waals surface area contributed by atoms with E-state index < -0.39 is 0 Å². The Morgan fingerprint density at radius 1 is 1.69 bits per heavy atom. The van der Waals surface area contributed by atoms with Crippen molar-refractivity contribution in [1.29, 1.82) is 0 Å². The maximum absolute atomic E-state index is 4.00. The second kappa shape index (κ2) is 4.63. The van der Waals surface area contributed by atoms with Gasteiger partial charge in [0.2, 0.25) is 0 Å². The third kappa shape index (κ3) is 2.56. The molecule has 0 fully saturated rings. The van der Waals surface area contributed by atoms with Gasteiger partial charge in [-0.3, -0.25) is 5.32 Å². The first-order valence-corrected chi connectivity index (χ1v) is 4.22. The maximum Gasteiger partial charge on any atom is 0.149 e. The molecular weight excluding hydrogens is 164 g/mol. The summed E-state index contributed by atoms with van der Waals surface area (Å²) in [7, 11) is 1.93. The molecule has 0 radical (unpaired) electrons. The Labute approximate surface area is 78.4 Å². The molecule has 0 bridgehead atoms. The Balaban J connectivity index is 2.52. The zero-order valence-electron chi connectivity index (χ0n) is 8.20. The smallest absolute Gasteiger partial charge is 0.149 e. The third-order valence-corrected chi connectivity index (χ3v) is 1.81. The van der Waals surface area contributed by atoms with Crippen LogP contribution in [-0.4, -0.2) is 21.3 Å². The lowest BCUT2D eigenvalue weighted by atomic mass is 10.3. The van der Waals surface area contributed by atoms with Crippen molar-refractivity contribution < 1.29 is 0 Å². The first-order chi connectivity index (χ1) is 6.25. The molecule has 4 nitrogen and oxygen atoms in total. The van der Waals surface area contributed by atoms with Crippen LogP contribution < -0.4 is 5.32 Å². The molecule has 1 rings (SSSR count). The van der Waals surface area contributed by atoms with Gasteiger partial charge >= 0.3 is 0 Å². The van der Waals surface area contributed by atoms with Crippen molar-refractivity contribution in [2.45, 2.75) is 19.9 Å². The summed E-state index contributed by atoms with van der Waals surface area (Å²) >= 11 is 0. The average molecular weight is 178 g/mol. The first-order valence-electron chi connectivity index (χ1n) is 4.22. The summed E-state index contributed by atoms with van der Waals surface area (Å²) in [6.07, 6.45) is 1.69. The Morgan fingerprint density at radius 3 is 3.00 bits per heavy atom. The largest absolute Gasteiger partial charge is 0.319 e. The Morgan fingerprint density at radius 2 is 2.46 bits per heavy atom. The lowest BCUT2D eigenvalue weighted by Crippen LogP contribution is -2.21. The van der Waals surface area contributed by atoms with E-state index in [1.807, 2.05) is 25.5 Å². The molecule has 1 N–H and O–H groups in total. The van der Waals surface area contributed by atoms with Crippen LogP contribution >= 0.6 is 0 Å². The van der Waals surface area contributed by atoms with Gasteiger partial charge in [0.15, 0.2) is 0 Å². The van der Waals surface area contributed by atoms with Crippen LogP contribution in [0.25, 0.3) is 0 Å². The summed E-state index contributed by atoms with van der Waals surface area (Å²) in [5.74, 6) is 6.70. The van der Waals surface area contributed by atoms with Crippen LogP contribution in [0.3, 0.4) is 0 Å². The summed E-state index contributed by atoms with van der Waals surface area (Å²) < 4.78 is 1.90. The standard InChI is InChI=1S/C9H14N4/c1-4-5-6-10-8(2)9-12-11-7-13(9)3/h7-8,10H,6H2,1-3H3. The molecule has 1 unspecified atom stereocenters. The number of nitrogens with zero attached hydrogens (tertiary/aromatic N) is 3. The predicted molar refractivity (Wildman–Crippen MR) is 50.9 cm³/mol. The van der Waals surface area contributed by atoms with Gasteiger partial charge in [-0.25, -0.2) is 0 Å². The van der Waals surface area contributed by atoms with Crippen LogP contribution in [0.1, 0.15) is 25.7 Å². The fourth-order valence-corrected chi connectivity index (χ4v) is 1.07. The van der Waals surface area contributed by atoms with E-state index in [4.69, 9.17) is 0 Å². The fourth-order valence-electron chi connectivity index (χ4n) is 1.07. The summed E-state index contributed by atoms with van der Waals surface area (Å²) in [4.78, 5) is 0. The molecule has 0 amide bonds. The van der Waals surface area contributed by atoms with Crippen molar-refractivity contribution in [2.24, 2.45) is 7.05 Å². The van der Waals surface area contributed by atoms with Gasteiger partial charge in [0.1, 0.15) is 12.2 Å². The van der Waals surface area contributed by atoms with E-state index in [2.05, 4.69) is 27.4 Å². The van der Waals surface area contributed by atoms with Crippen LogP contribution in [0.5, 0.6) is 0 Å². The highest BCUT2D eigenvalue weighted by Crippen LogP contribution is 2.05. The number of hydrogen-bond acceptors (Lipinski definition) is 3. The van der Waals surface area contributed by atoms with Gasteiger partial charge < -0.3 is 4.57 Å². The maximum atomic E-state index is 4.00. The van der Waals surface area contributed by atoms with E-state index in [0.29, 0.717) is 6.54 Å². The molecule has 0 aliphatic heterocycles. The highest BCUT2D eigenvalue weighted by Gasteiger charge is 2.08. The van der Waals surface area contributed by atoms with Gasteiger partial charge in [0.05, 0.1) is 12.6 Å². The molecule has 0 aliphatic carbocycles. The summed E-state index contributed by atoms with van der Waals surface area (Å²) in [6, 6.07) is 0.188. The molecule has 13 heavy (non-hydrogen) atoms. The molecule has 0 aliphatic rings. The van der Waals surface area contributed by atoms with Crippen molar-refractivity contribution >= 4 is 0 Å². The molecule has 1 aromatic rings. The molecule has 1 atom stereocenters. The lowest BCUT2D eigenvalue weighted by molar-refractivity contribution is 0.563. The second-order valence-electron chi connectivity index (χ2n) is 2.83. The first kappa shape index (κ1) is 9.75. The van der Waals surface area contributed by atoms with Gasteiger partial charge in [-0.2, -0.15) is 0 Å². The molecule has 70 valence electrons. The van der Waals surface area contributed by atoms with E-state index in [0.717, 1.165) is 5.82 Å². The molecule has 0 saturated heterocycles. The molecule has 0 saturated carbocycles. The Kier molecular flexibility index (Phi) is 3.47. The zero-order valence-corrected chi connectivity index (χ0v) is 8.20. The van der Waals surface area contributed by atoms with Crippen molar-refractivity contribution in [3.8, 4) is 11.8 Å². The van der Waals surface area contributed by atoms with Gasteiger partial charge in [-0.05, 0) is 13.8 Å². The van der Waals surface area contributed by atoms with Crippen LogP contribution in [-0.2, 0) is 7.05 Å². The number of aryl methyl sites for hydroxylation is 1.